The van der Waals surface area contributed by atoms with Gasteiger partial charge in [-0.15, -0.1) is 0 Å². The van der Waals surface area contributed by atoms with E-state index in [2.05, 4.69) is 0 Å². The van der Waals surface area contributed by atoms with Crippen LogP contribution in [-0.2, 0) is 13.8 Å². The van der Waals surface area contributed by atoms with Gasteiger partial charge in [-0.05, 0) is 33.8 Å². The number of benzene rings is 1. The molecule has 0 aliphatic carbocycles. The van der Waals surface area contributed by atoms with Gasteiger partial charge in [-0.25, -0.2) is 13.2 Å². The van der Waals surface area contributed by atoms with Crippen LogP contribution >= 0.6 is 10.7 Å². The van der Waals surface area contributed by atoms with Gasteiger partial charge in [0.05, 0.1) is 15.4 Å². The van der Waals surface area contributed by atoms with Crippen LogP contribution in [0.5, 0.6) is 0 Å². The Morgan fingerprint density at radius 2 is 1.86 bits per heavy atom. The Balaban J connectivity index is 3.52. The summed E-state index contributed by atoms with van der Waals surface area (Å²) < 4.78 is 28.0. The van der Waals surface area contributed by atoms with Crippen LogP contribution < -0.4 is 0 Å². The number of hydrogen-bond donors (Lipinski definition) is 0. The molecule has 0 spiro atoms. The van der Waals surface area contributed by atoms with Crippen molar-refractivity contribution >= 4 is 31.4 Å². The third kappa shape index (κ3) is 4.40. The summed E-state index contributed by atoms with van der Waals surface area (Å²) in [5.74, 6) is -0.868. The predicted octanol–water partition coefficient (Wildman–Crippen LogP) is 2.79. The molecule has 7 nitrogen and oxygen atoms in total. The van der Waals surface area contributed by atoms with E-state index in [0.717, 1.165) is 12.1 Å². The lowest BCUT2D eigenvalue weighted by atomic mass is 10.1. The average molecular weight is 336 g/mol. The SMILES string of the molecule is Cc1c([N+](=O)[O-])cc(C(=O)OC(C)(C)C)cc1S(=O)(=O)Cl. The van der Waals surface area contributed by atoms with E-state index >= 15 is 0 Å². The van der Waals surface area contributed by atoms with E-state index in [1.54, 1.807) is 20.8 Å². The van der Waals surface area contributed by atoms with Crippen LogP contribution in [0, 0.1) is 17.0 Å². The first-order valence-corrected chi connectivity index (χ1v) is 8.11. The molecule has 0 atom stereocenters. The summed E-state index contributed by atoms with van der Waals surface area (Å²) in [6.45, 7) is 6.10. The largest absolute Gasteiger partial charge is 0.456 e. The Morgan fingerprint density at radius 3 is 2.24 bits per heavy atom. The van der Waals surface area contributed by atoms with Crippen molar-refractivity contribution in [3.63, 3.8) is 0 Å². The highest BCUT2D eigenvalue weighted by molar-refractivity contribution is 8.13. The van der Waals surface area contributed by atoms with Gasteiger partial charge in [-0.1, -0.05) is 0 Å². The fourth-order valence-electron chi connectivity index (χ4n) is 1.57. The molecular weight excluding hydrogens is 322 g/mol. The molecule has 0 aliphatic heterocycles. The minimum atomic E-state index is -4.23. The number of halogens is 1. The number of carbonyl (C=O) groups is 1. The second kappa shape index (κ2) is 5.61. The number of hydrogen-bond acceptors (Lipinski definition) is 6. The molecule has 0 unspecified atom stereocenters. The molecule has 116 valence electrons. The van der Waals surface area contributed by atoms with Crippen molar-refractivity contribution < 1.29 is 22.9 Å². The van der Waals surface area contributed by atoms with E-state index in [9.17, 15) is 23.3 Å². The minimum absolute atomic E-state index is 0.137. The van der Waals surface area contributed by atoms with Gasteiger partial charge in [-0.3, -0.25) is 10.1 Å². The van der Waals surface area contributed by atoms with Gasteiger partial charge < -0.3 is 4.74 Å². The van der Waals surface area contributed by atoms with E-state index in [0.29, 0.717) is 0 Å². The molecule has 21 heavy (non-hydrogen) atoms. The van der Waals surface area contributed by atoms with Crippen molar-refractivity contribution in [3.8, 4) is 0 Å². The van der Waals surface area contributed by atoms with Crippen LogP contribution in [0.15, 0.2) is 17.0 Å². The molecule has 0 saturated carbocycles. The lowest BCUT2D eigenvalue weighted by Gasteiger charge is -2.19. The summed E-state index contributed by atoms with van der Waals surface area (Å²) in [6.07, 6.45) is 0. The lowest BCUT2D eigenvalue weighted by molar-refractivity contribution is -0.385. The molecule has 0 aliphatic rings. The normalized spacial score (nSPS) is 12.0. The smallest absolute Gasteiger partial charge is 0.338 e. The van der Waals surface area contributed by atoms with Gasteiger partial charge in [-0.2, -0.15) is 0 Å². The fraction of sp³-hybridized carbons (Fsp3) is 0.417. The quantitative estimate of drug-likeness (QED) is 0.364. The first-order chi connectivity index (χ1) is 9.33. The third-order valence-electron chi connectivity index (χ3n) is 2.43. The van der Waals surface area contributed by atoms with Crippen LogP contribution in [0.3, 0.4) is 0 Å². The zero-order chi connectivity index (χ0) is 16.6. The maximum Gasteiger partial charge on any atom is 0.338 e. The van der Waals surface area contributed by atoms with Crippen molar-refractivity contribution in [2.24, 2.45) is 0 Å². The molecule has 0 heterocycles. The zero-order valence-electron chi connectivity index (χ0n) is 11.8. The summed E-state index contributed by atoms with van der Waals surface area (Å²) in [4.78, 5) is 21.6. The maximum absolute atomic E-state index is 11.9. The highest BCUT2D eigenvalue weighted by atomic mass is 35.7. The highest BCUT2D eigenvalue weighted by Crippen LogP contribution is 2.30. The Morgan fingerprint density at radius 1 is 1.33 bits per heavy atom. The third-order valence-corrected chi connectivity index (χ3v) is 3.87. The Labute approximate surface area is 126 Å². The van der Waals surface area contributed by atoms with Crippen molar-refractivity contribution in [1.29, 1.82) is 0 Å². The summed E-state index contributed by atoms with van der Waals surface area (Å²) in [6, 6.07) is 1.94. The Hall–Kier alpha value is -1.67. The number of rotatable bonds is 3. The number of nitro groups is 1. The van der Waals surface area contributed by atoms with E-state index in [-0.39, 0.29) is 11.1 Å². The van der Waals surface area contributed by atoms with Crippen molar-refractivity contribution in [3.05, 3.63) is 33.4 Å². The van der Waals surface area contributed by atoms with Gasteiger partial charge in [0.15, 0.2) is 0 Å². The second-order valence-electron chi connectivity index (χ2n) is 5.32. The lowest BCUT2D eigenvalue weighted by Crippen LogP contribution is -2.24. The topological polar surface area (TPSA) is 104 Å². The molecule has 1 rings (SSSR count). The van der Waals surface area contributed by atoms with Crippen LogP contribution in [0.1, 0.15) is 36.7 Å². The number of nitro benzene ring substituents is 1. The first kappa shape index (κ1) is 17.4. The Bertz CT molecular complexity index is 705. The highest BCUT2D eigenvalue weighted by Gasteiger charge is 2.27. The van der Waals surface area contributed by atoms with Crippen LogP contribution in [-0.4, -0.2) is 24.9 Å². The summed E-state index contributed by atoms with van der Waals surface area (Å²) in [5.41, 5.74) is -1.72. The number of carbonyl (C=O) groups excluding carboxylic acids is 1. The fourth-order valence-corrected chi connectivity index (χ4v) is 2.79. The maximum atomic E-state index is 11.9. The monoisotopic (exact) mass is 335 g/mol. The van der Waals surface area contributed by atoms with E-state index in [1.165, 1.54) is 6.92 Å². The number of ether oxygens (including phenoxy) is 1. The Kier molecular flexibility index (Phi) is 4.64. The zero-order valence-corrected chi connectivity index (χ0v) is 13.4. The summed E-state index contributed by atoms with van der Waals surface area (Å²) >= 11 is 0. The van der Waals surface area contributed by atoms with E-state index in [1.807, 2.05) is 0 Å². The summed E-state index contributed by atoms with van der Waals surface area (Å²) in [7, 11) is 1.02. The second-order valence-corrected chi connectivity index (χ2v) is 7.85. The van der Waals surface area contributed by atoms with Gasteiger partial charge in [0.2, 0.25) is 0 Å². The molecule has 0 radical (unpaired) electrons. The molecular formula is C12H14ClNO6S. The molecule has 9 heteroatoms. The molecule has 0 bridgehead atoms. The van der Waals surface area contributed by atoms with Gasteiger partial charge in [0, 0.05) is 22.3 Å². The molecule has 0 N–H and O–H groups in total. The van der Waals surface area contributed by atoms with Crippen molar-refractivity contribution in [1.82, 2.24) is 0 Å². The van der Waals surface area contributed by atoms with Crippen molar-refractivity contribution in [2.45, 2.75) is 38.2 Å². The molecule has 0 amide bonds. The first-order valence-electron chi connectivity index (χ1n) is 5.80. The van der Waals surface area contributed by atoms with Crippen LogP contribution in [0.2, 0.25) is 0 Å². The van der Waals surface area contributed by atoms with Gasteiger partial charge >= 0.3 is 5.97 Å². The molecule has 1 aromatic rings. The molecule has 0 fully saturated rings. The standard InChI is InChI=1S/C12H14ClNO6S/c1-7-9(14(16)17)5-8(6-10(7)21(13,18)19)11(15)20-12(2,3)4/h5-6H,1-4H3. The predicted molar refractivity (Wildman–Crippen MR) is 76.0 cm³/mol. The van der Waals surface area contributed by atoms with Crippen molar-refractivity contribution in [2.75, 3.05) is 0 Å². The number of esters is 1. The molecule has 0 saturated heterocycles. The number of nitrogens with zero attached hydrogens (tertiary/aromatic N) is 1. The molecule has 1 aromatic carbocycles. The van der Waals surface area contributed by atoms with E-state index in [4.69, 9.17) is 15.4 Å². The minimum Gasteiger partial charge on any atom is -0.456 e. The van der Waals surface area contributed by atoms with Crippen LogP contribution in [0.25, 0.3) is 0 Å². The van der Waals surface area contributed by atoms with Gasteiger partial charge in [0.25, 0.3) is 14.7 Å². The average Bonchev–Trinajstić information content (AvgIpc) is 2.24. The molecule has 0 aromatic heterocycles. The van der Waals surface area contributed by atoms with Gasteiger partial charge in [0.1, 0.15) is 5.60 Å². The van der Waals surface area contributed by atoms with Crippen LogP contribution in [0.4, 0.5) is 5.69 Å². The summed E-state index contributed by atoms with van der Waals surface area (Å²) in [5, 5.41) is 11.0. The van der Waals surface area contributed by atoms with E-state index < -0.39 is 36.1 Å².